The van der Waals surface area contributed by atoms with E-state index < -0.39 is 24.5 Å². The number of esters is 1. The molecule has 0 aromatic carbocycles. The molecule has 1 aromatic heterocycles. The van der Waals surface area contributed by atoms with Crippen LogP contribution in [0.15, 0.2) is 27.3 Å². The van der Waals surface area contributed by atoms with Gasteiger partial charge in [-0.1, -0.05) is 0 Å². The molecule has 0 aliphatic carbocycles. The third-order valence-corrected chi connectivity index (χ3v) is 2.23. The average Bonchev–Trinajstić information content (AvgIpc) is 2.79. The minimum Gasteiger partial charge on any atom is -0.452 e. The summed E-state index contributed by atoms with van der Waals surface area (Å²) in [6.07, 6.45) is 2.50. The smallest absolute Gasteiger partial charge is 0.331 e. The highest BCUT2D eigenvalue weighted by Crippen LogP contribution is 2.14. The number of urea groups is 1. The first kappa shape index (κ1) is 15.0. The van der Waals surface area contributed by atoms with Crippen LogP contribution in [0.5, 0.6) is 0 Å². The number of carbonyl (C=O) groups is 3. The van der Waals surface area contributed by atoms with E-state index in [1.807, 2.05) is 5.32 Å². The van der Waals surface area contributed by atoms with Gasteiger partial charge in [-0.25, -0.2) is 9.59 Å². The van der Waals surface area contributed by atoms with Crippen LogP contribution >= 0.6 is 15.9 Å². The summed E-state index contributed by atoms with van der Waals surface area (Å²) in [5.41, 5.74) is 0. The second-order valence-corrected chi connectivity index (χ2v) is 3.99. The maximum absolute atomic E-state index is 11.2. The molecule has 1 rings (SSSR count). The van der Waals surface area contributed by atoms with Gasteiger partial charge in [-0.3, -0.25) is 10.1 Å². The SMILES string of the molecule is CNC(=O)NC(=O)COC(=O)/C=C/c1ccc(Br)o1. The van der Waals surface area contributed by atoms with Crippen LogP contribution in [0.3, 0.4) is 0 Å². The van der Waals surface area contributed by atoms with Crippen LogP contribution in [-0.4, -0.2) is 31.6 Å². The Hall–Kier alpha value is -2.09. The van der Waals surface area contributed by atoms with E-state index in [4.69, 9.17) is 4.42 Å². The van der Waals surface area contributed by atoms with Crippen LogP contribution in [0.1, 0.15) is 5.76 Å². The average molecular weight is 331 g/mol. The molecular formula is C11H11BrN2O5. The van der Waals surface area contributed by atoms with Crippen LogP contribution < -0.4 is 10.6 Å². The summed E-state index contributed by atoms with van der Waals surface area (Å²) in [4.78, 5) is 33.1. The summed E-state index contributed by atoms with van der Waals surface area (Å²) in [5.74, 6) is -0.986. The number of rotatable bonds is 4. The summed E-state index contributed by atoms with van der Waals surface area (Å²) in [6, 6.07) is 2.64. The highest BCUT2D eigenvalue weighted by Gasteiger charge is 2.08. The van der Waals surface area contributed by atoms with Gasteiger partial charge in [0.25, 0.3) is 5.91 Å². The van der Waals surface area contributed by atoms with Gasteiger partial charge in [0, 0.05) is 13.1 Å². The molecule has 0 unspecified atom stereocenters. The van der Waals surface area contributed by atoms with Crippen molar-refractivity contribution < 1.29 is 23.5 Å². The second kappa shape index (κ2) is 7.37. The molecule has 0 atom stereocenters. The monoisotopic (exact) mass is 330 g/mol. The number of ether oxygens (including phenoxy) is 1. The van der Waals surface area contributed by atoms with E-state index in [-0.39, 0.29) is 0 Å². The second-order valence-electron chi connectivity index (χ2n) is 3.21. The lowest BCUT2D eigenvalue weighted by Crippen LogP contribution is -2.39. The van der Waals surface area contributed by atoms with E-state index in [1.54, 1.807) is 12.1 Å². The Morgan fingerprint density at radius 2 is 2.16 bits per heavy atom. The molecule has 0 aliphatic heterocycles. The number of hydrogen-bond acceptors (Lipinski definition) is 5. The van der Waals surface area contributed by atoms with Crippen molar-refractivity contribution in [2.24, 2.45) is 0 Å². The van der Waals surface area contributed by atoms with E-state index in [2.05, 4.69) is 26.0 Å². The van der Waals surface area contributed by atoms with Crippen molar-refractivity contribution in [3.8, 4) is 0 Å². The molecule has 0 saturated carbocycles. The molecular weight excluding hydrogens is 320 g/mol. The van der Waals surface area contributed by atoms with E-state index in [1.165, 1.54) is 13.1 Å². The Morgan fingerprint density at radius 3 is 2.74 bits per heavy atom. The molecule has 8 heteroatoms. The maximum Gasteiger partial charge on any atom is 0.331 e. The standard InChI is InChI=1S/C11H11BrN2O5/c1-13-11(17)14-9(15)6-18-10(16)5-3-7-2-4-8(12)19-7/h2-5H,6H2,1H3,(H2,13,14,15,17)/b5-3+. The summed E-state index contributed by atoms with van der Waals surface area (Å²) >= 11 is 3.11. The highest BCUT2D eigenvalue weighted by molar-refractivity contribution is 9.10. The van der Waals surface area contributed by atoms with Crippen LogP contribution in [-0.2, 0) is 14.3 Å². The van der Waals surface area contributed by atoms with Crippen molar-refractivity contribution in [3.63, 3.8) is 0 Å². The van der Waals surface area contributed by atoms with Gasteiger partial charge in [-0.15, -0.1) is 0 Å². The highest BCUT2D eigenvalue weighted by atomic mass is 79.9. The fraction of sp³-hybridized carbons (Fsp3) is 0.182. The zero-order valence-corrected chi connectivity index (χ0v) is 11.5. The molecule has 0 fully saturated rings. The Morgan fingerprint density at radius 1 is 1.42 bits per heavy atom. The first-order valence-electron chi connectivity index (χ1n) is 5.13. The molecule has 19 heavy (non-hydrogen) atoms. The zero-order valence-electron chi connectivity index (χ0n) is 9.94. The van der Waals surface area contributed by atoms with Crippen molar-refractivity contribution in [2.75, 3.05) is 13.7 Å². The van der Waals surface area contributed by atoms with E-state index in [0.29, 0.717) is 10.4 Å². The third-order valence-electron chi connectivity index (χ3n) is 1.80. The van der Waals surface area contributed by atoms with Crippen LogP contribution in [0.2, 0.25) is 0 Å². The van der Waals surface area contributed by atoms with Crippen molar-refractivity contribution in [1.82, 2.24) is 10.6 Å². The summed E-state index contributed by atoms with van der Waals surface area (Å²) < 4.78 is 10.3. The van der Waals surface area contributed by atoms with Crippen molar-refractivity contribution >= 4 is 39.9 Å². The zero-order chi connectivity index (χ0) is 14.3. The van der Waals surface area contributed by atoms with Gasteiger partial charge < -0.3 is 14.5 Å². The first-order chi connectivity index (χ1) is 9.01. The quantitative estimate of drug-likeness (QED) is 0.635. The maximum atomic E-state index is 11.2. The molecule has 3 amide bonds. The van der Waals surface area contributed by atoms with Crippen molar-refractivity contribution in [2.45, 2.75) is 0 Å². The number of halogens is 1. The molecule has 0 saturated heterocycles. The minimum atomic E-state index is -0.723. The van der Waals surface area contributed by atoms with Gasteiger partial charge in [0.15, 0.2) is 11.3 Å². The topological polar surface area (TPSA) is 97.6 Å². The molecule has 0 radical (unpaired) electrons. The molecule has 0 spiro atoms. The molecule has 1 aromatic rings. The van der Waals surface area contributed by atoms with Crippen LogP contribution in [0.25, 0.3) is 6.08 Å². The lowest BCUT2D eigenvalue weighted by molar-refractivity contribution is -0.143. The Bertz CT molecular complexity index is 509. The number of hydrogen-bond donors (Lipinski definition) is 2. The van der Waals surface area contributed by atoms with Gasteiger partial charge in [-0.05, 0) is 34.1 Å². The summed E-state index contributed by atoms with van der Waals surface area (Å²) in [7, 11) is 1.36. The Labute approximate surface area is 117 Å². The number of imide groups is 1. The van der Waals surface area contributed by atoms with E-state index in [9.17, 15) is 14.4 Å². The van der Waals surface area contributed by atoms with Gasteiger partial charge >= 0.3 is 12.0 Å². The fourth-order valence-corrected chi connectivity index (χ4v) is 1.30. The molecule has 7 nitrogen and oxygen atoms in total. The lowest BCUT2D eigenvalue weighted by Gasteiger charge is -2.02. The largest absolute Gasteiger partial charge is 0.452 e. The number of carbonyl (C=O) groups excluding carboxylic acids is 3. The van der Waals surface area contributed by atoms with Gasteiger partial charge in [-0.2, -0.15) is 0 Å². The molecule has 102 valence electrons. The summed E-state index contributed by atoms with van der Waals surface area (Å²) in [6.45, 7) is -0.543. The van der Waals surface area contributed by atoms with E-state index >= 15 is 0 Å². The Kier molecular flexibility index (Phi) is 5.80. The fourth-order valence-electron chi connectivity index (χ4n) is 0.978. The van der Waals surface area contributed by atoms with Crippen molar-refractivity contribution in [1.29, 1.82) is 0 Å². The lowest BCUT2D eigenvalue weighted by atomic mass is 10.4. The number of furan rings is 1. The Balaban J connectivity index is 2.33. The predicted octanol–water partition coefficient (Wildman–Crippen LogP) is 1.05. The third kappa shape index (κ3) is 5.87. The first-order valence-corrected chi connectivity index (χ1v) is 5.92. The normalized spacial score (nSPS) is 10.2. The molecule has 2 N–H and O–H groups in total. The van der Waals surface area contributed by atoms with E-state index in [0.717, 1.165) is 6.08 Å². The minimum absolute atomic E-state index is 0.457. The number of nitrogens with one attached hydrogen (secondary N) is 2. The predicted molar refractivity (Wildman–Crippen MR) is 69.0 cm³/mol. The van der Waals surface area contributed by atoms with Gasteiger partial charge in [0.1, 0.15) is 5.76 Å². The number of amides is 3. The van der Waals surface area contributed by atoms with Crippen LogP contribution in [0.4, 0.5) is 4.79 Å². The summed E-state index contributed by atoms with van der Waals surface area (Å²) in [5, 5.41) is 4.14. The molecule has 1 heterocycles. The van der Waals surface area contributed by atoms with Gasteiger partial charge in [0.05, 0.1) is 0 Å². The van der Waals surface area contributed by atoms with Crippen molar-refractivity contribution in [3.05, 3.63) is 28.6 Å². The van der Waals surface area contributed by atoms with Crippen LogP contribution in [0, 0.1) is 0 Å². The molecule has 0 bridgehead atoms. The van der Waals surface area contributed by atoms with Gasteiger partial charge in [0.2, 0.25) is 0 Å². The molecule has 0 aliphatic rings.